The van der Waals surface area contributed by atoms with Crippen LogP contribution in [0.5, 0.6) is 5.75 Å². The molecule has 0 saturated heterocycles. The van der Waals surface area contributed by atoms with Crippen LogP contribution in [0.3, 0.4) is 0 Å². The summed E-state index contributed by atoms with van der Waals surface area (Å²) in [6.07, 6.45) is 0.148. The van der Waals surface area contributed by atoms with E-state index in [0.717, 1.165) is 4.88 Å². The molecule has 3 nitrogen and oxygen atoms in total. The molecule has 1 atom stereocenters. The van der Waals surface area contributed by atoms with E-state index in [0.29, 0.717) is 5.56 Å². The van der Waals surface area contributed by atoms with E-state index >= 15 is 0 Å². The Morgan fingerprint density at radius 2 is 2.14 bits per heavy atom. The maximum Gasteiger partial charge on any atom is 0.224 e. The van der Waals surface area contributed by atoms with E-state index in [1.54, 1.807) is 17.4 Å². The summed E-state index contributed by atoms with van der Waals surface area (Å²) in [7, 11) is 1.42. The zero-order chi connectivity index (χ0) is 16.1. The van der Waals surface area contributed by atoms with Crippen molar-refractivity contribution in [3.05, 3.63) is 52.0 Å². The molecule has 0 aliphatic rings. The Hall–Kier alpha value is -1.88. The fourth-order valence-corrected chi connectivity index (χ4v) is 3.21. The first-order valence-electron chi connectivity index (χ1n) is 7.16. The maximum atomic E-state index is 13.7. The van der Waals surface area contributed by atoms with Crippen molar-refractivity contribution in [1.29, 1.82) is 0 Å². The number of carbonyl (C=O) groups excluding carboxylic acids is 1. The lowest BCUT2D eigenvalue weighted by atomic mass is 10.0. The first-order valence-corrected chi connectivity index (χ1v) is 8.04. The van der Waals surface area contributed by atoms with Gasteiger partial charge in [0.2, 0.25) is 5.91 Å². The molecule has 1 aromatic heterocycles. The highest BCUT2D eigenvalue weighted by atomic mass is 32.1. The zero-order valence-electron chi connectivity index (χ0n) is 12.9. The summed E-state index contributed by atoms with van der Waals surface area (Å²) >= 11 is 1.62. The molecule has 1 N–H and O–H groups in total. The lowest BCUT2D eigenvalue weighted by molar-refractivity contribution is -0.121. The molecule has 0 radical (unpaired) electrons. The largest absolute Gasteiger partial charge is 0.494 e. The Morgan fingerprint density at radius 1 is 1.36 bits per heavy atom. The van der Waals surface area contributed by atoms with Gasteiger partial charge in [-0.25, -0.2) is 4.39 Å². The van der Waals surface area contributed by atoms with Crippen molar-refractivity contribution in [2.45, 2.75) is 26.3 Å². The van der Waals surface area contributed by atoms with Gasteiger partial charge in [-0.1, -0.05) is 26.0 Å². The van der Waals surface area contributed by atoms with E-state index in [2.05, 4.69) is 19.2 Å². The van der Waals surface area contributed by atoms with Gasteiger partial charge in [-0.3, -0.25) is 4.79 Å². The Bertz CT molecular complexity index is 626. The second kappa shape index (κ2) is 7.40. The number of methoxy groups -OCH3 is 1. The molecule has 1 heterocycles. The molecule has 0 bridgehead atoms. The third-order valence-electron chi connectivity index (χ3n) is 3.41. The van der Waals surface area contributed by atoms with Gasteiger partial charge in [-0.2, -0.15) is 0 Å². The summed E-state index contributed by atoms with van der Waals surface area (Å²) in [5.74, 6) is -0.0962. The molecule has 0 aliphatic carbocycles. The van der Waals surface area contributed by atoms with Crippen LogP contribution < -0.4 is 10.1 Å². The van der Waals surface area contributed by atoms with Gasteiger partial charge < -0.3 is 10.1 Å². The molecule has 0 unspecified atom stereocenters. The summed E-state index contributed by atoms with van der Waals surface area (Å²) in [4.78, 5) is 13.4. The van der Waals surface area contributed by atoms with Crippen LogP contribution >= 0.6 is 11.3 Å². The molecular weight excluding hydrogens is 301 g/mol. The minimum atomic E-state index is -0.452. The Balaban J connectivity index is 2.04. The van der Waals surface area contributed by atoms with Crippen LogP contribution in [0.4, 0.5) is 4.39 Å². The van der Waals surface area contributed by atoms with E-state index in [1.807, 2.05) is 17.5 Å². The first kappa shape index (κ1) is 16.5. The predicted molar refractivity (Wildman–Crippen MR) is 86.7 cm³/mol. The molecule has 1 aromatic carbocycles. The van der Waals surface area contributed by atoms with Gasteiger partial charge in [-0.05, 0) is 35.1 Å². The topological polar surface area (TPSA) is 38.3 Å². The predicted octanol–water partition coefficient (Wildman–Crippen LogP) is 3.95. The van der Waals surface area contributed by atoms with Crippen LogP contribution in [0.2, 0.25) is 0 Å². The number of benzene rings is 1. The average molecular weight is 321 g/mol. The number of halogens is 1. The van der Waals surface area contributed by atoms with Gasteiger partial charge in [0.05, 0.1) is 19.6 Å². The number of carbonyl (C=O) groups is 1. The molecule has 0 spiro atoms. The summed E-state index contributed by atoms with van der Waals surface area (Å²) < 4.78 is 18.5. The number of amides is 1. The third-order valence-corrected chi connectivity index (χ3v) is 4.37. The van der Waals surface area contributed by atoms with Gasteiger partial charge in [-0.15, -0.1) is 11.3 Å². The highest BCUT2D eigenvalue weighted by molar-refractivity contribution is 7.10. The lowest BCUT2D eigenvalue weighted by Gasteiger charge is -2.21. The van der Waals surface area contributed by atoms with Crippen LogP contribution in [0.1, 0.15) is 30.3 Å². The summed E-state index contributed by atoms with van der Waals surface area (Å²) in [6.45, 7) is 4.13. The van der Waals surface area contributed by atoms with Crippen molar-refractivity contribution in [1.82, 2.24) is 5.32 Å². The number of thiophene rings is 1. The highest BCUT2D eigenvalue weighted by Gasteiger charge is 2.19. The van der Waals surface area contributed by atoms with Gasteiger partial charge in [0.25, 0.3) is 0 Å². The van der Waals surface area contributed by atoms with Gasteiger partial charge in [0, 0.05) is 4.88 Å². The third kappa shape index (κ3) is 4.07. The second-order valence-corrected chi connectivity index (χ2v) is 6.43. The van der Waals surface area contributed by atoms with Crippen LogP contribution in [0, 0.1) is 11.7 Å². The molecule has 118 valence electrons. The van der Waals surface area contributed by atoms with E-state index in [1.165, 1.54) is 19.2 Å². The van der Waals surface area contributed by atoms with E-state index in [9.17, 15) is 9.18 Å². The van der Waals surface area contributed by atoms with Crippen LogP contribution in [-0.4, -0.2) is 13.0 Å². The van der Waals surface area contributed by atoms with Gasteiger partial charge in [0.15, 0.2) is 11.6 Å². The van der Waals surface area contributed by atoms with Crippen molar-refractivity contribution in [3.8, 4) is 5.75 Å². The number of ether oxygens (including phenoxy) is 1. The monoisotopic (exact) mass is 321 g/mol. The summed E-state index contributed by atoms with van der Waals surface area (Å²) in [5.41, 5.74) is 0.629. The maximum absolute atomic E-state index is 13.7. The Labute approximate surface area is 134 Å². The first-order chi connectivity index (χ1) is 10.5. The van der Waals surface area contributed by atoms with Crippen LogP contribution in [0.25, 0.3) is 0 Å². The molecule has 2 aromatic rings. The SMILES string of the molecule is COc1ccc(CC(=O)N[C@@H](c2cccs2)C(C)C)cc1F. The average Bonchev–Trinajstić information content (AvgIpc) is 2.98. The van der Waals surface area contributed by atoms with E-state index in [-0.39, 0.29) is 30.0 Å². The Morgan fingerprint density at radius 3 is 2.68 bits per heavy atom. The fraction of sp³-hybridized carbons (Fsp3) is 0.353. The van der Waals surface area contributed by atoms with Crippen molar-refractivity contribution >= 4 is 17.2 Å². The van der Waals surface area contributed by atoms with Crippen molar-refractivity contribution < 1.29 is 13.9 Å². The van der Waals surface area contributed by atoms with Gasteiger partial charge >= 0.3 is 0 Å². The minimum Gasteiger partial charge on any atom is -0.494 e. The summed E-state index contributed by atoms with van der Waals surface area (Å²) in [5, 5.41) is 5.03. The molecule has 22 heavy (non-hydrogen) atoms. The normalized spacial score (nSPS) is 12.2. The van der Waals surface area contributed by atoms with Crippen molar-refractivity contribution in [3.63, 3.8) is 0 Å². The van der Waals surface area contributed by atoms with Crippen molar-refractivity contribution in [2.75, 3.05) is 7.11 Å². The molecular formula is C17H20FNO2S. The van der Waals surface area contributed by atoms with Gasteiger partial charge in [0.1, 0.15) is 0 Å². The highest BCUT2D eigenvalue weighted by Crippen LogP contribution is 2.26. The van der Waals surface area contributed by atoms with E-state index in [4.69, 9.17) is 4.74 Å². The Kier molecular flexibility index (Phi) is 5.55. The lowest BCUT2D eigenvalue weighted by Crippen LogP contribution is -2.32. The molecule has 5 heteroatoms. The smallest absolute Gasteiger partial charge is 0.224 e. The van der Waals surface area contributed by atoms with Crippen LogP contribution in [-0.2, 0) is 11.2 Å². The number of hydrogen-bond donors (Lipinski definition) is 1. The number of hydrogen-bond acceptors (Lipinski definition) is 3. The zero-order valence-corrected chi connectivity index (χ0v) is 13.7. The number of nitrogens with one attached hydrogen (secondary N) is 1. The fourth-order valence-electron chi connectivity index (χ4n) is 2.26. The molecule has 2 rings (SSSR count). The van der Waals surface area contributed by atoms with Crippen molar-refractivity contribution in [2.24, 2.45) is 5.92 Å². The minimum absolute atomic E-state index is 0.0180. The molecule has 0 saturated carbocycles. The molecule has 0 aliphatic heterocycles. The van der Waals surface area contributed by atoms with Crippen LogP contribution in [0.15, 0.2) is 35.7 Å². The quantitative estimate of drug-likeness (QED) is 0.875. The molecule has 1 amide bonds. The van der Waals surface area contributed by atoms with E-state index < -0.39 is 5.82 Å². The summed E-state index contributed by atoms with van der Waals surface area (Å²) in [6, 6.07) is 8.56. The second-order valence-electron chi connectivity index (χ2n) is 5.45. The standard InChI is InChI=1S/C17H20FNO2S/c1-11(2)17(15-5-4-8-22-15)19-16(20)10-12-6-7-14(21-3)13(18)9-12/h4-9,11,17H,10H2,1-3H3,(H,19,20)/t17-/m1/s1. The number of rotatable bonds is 6. The molecule has 0 fully saturated rings.